The molecular formula is C10H13FO3S. The van der Waals surface area contributed by atoms with E-state index in [0.29, 0.717) is 0 Å². The Morgan fingerprint density at radius 2 is 2.07 bits per heavy atom. The molecule has 0 aliphatic heterocycles. The maximum Gasteiger partial charge on any atom is 0.178 e. The molecule has 0 aliphatic carbocycles. The molecular weight excluding hydrogens is 219 g/mol. The normalized spacial score (nSPS) is 13.9. The smallest absolute Gasteiger partial charge is 0.178 e. The largest absolute Gasteiger partial charge is 0.396 e. The lowest BCUT2D eigenvalue weighted by molar-refractivity contribution is 0.270. The summed E-state index contributed by atoms with van der Waals surface area (Å²) in [5.41, 5.74) is 0.223. The van der Waals surface area contributed by atoms with Gasteiger partial charge < -0.3 is 5.11 Å². The van der Waals surface area contributed by atoms with Crippen molar-refractivity contribution in [3.05, 3.63) is 29.6 Å². The second-order valence-corrected chi connectivity index (χ2v) is 5.50. The highest BCUT2D eigenvalue weighted by Crippen LogP contribution is 2.23. The number of benzene rings is 1. The van der Waals surface area contributed by atoms with Crippen molar-refractivity contribution >= 4 is 9.84 Å². The first-order valence-electron chi connectivity index (χ1n) is 4.47. The van der Waals surface area contributed by atoms with Crippen LogP contribution in [0.25, 0.3) is 0 Å². The maximum atomic E-state index is 13.7. The summed E-state index contributed by atoms with van der Waals surface area (Å²) in [4.78, 5) is -0.319. The Hall–Kier alpha value is -0.940. The molecule has 0 fully saturated rings. The summed E-state index contributed by atoms with van der Waals surface area (Å²) in [6, 6.07) is 4.17. The number of hydrogen-bond donors (Lipinski definition) is 1. The van der Waals surface area contributed by atoms with Gasteiger partial charge in [0.15, 0.2) is 9.84 Å². The molecule has 0 bridgehead atoms. The fraction of sp³-hybridized carbons (Fsp3) is 0.400. The van der Waals surface area contributed by atoms with Crippen molar-refractivity contribution in [2.24, 2.45) is 0 Å². The predicted molar refractivity (Wildman–Crippen MR) is 55.0 cm³/mol. The van der Waals surface area contributed by atoms with Gasteiger partial charge in [-0.3, -0.25) is 0 Å². The van der Waals surface area contributed by atoms with Gasteiger partial charge >= 0.3 is 0 Å². The molecule has 0 spiro atoms. The van der Waals surface area contributed by atoms with E-state index < -0.39 is 21.6 Å². The highest BCUT2D eigenvalue weighted by atomic mass is 32.2. The molecule has 1 N–H and O–H groups in total. The Morgan fingerprint density at radius 1 is 1.47 bits per heavy atom. The molecule has 0 aromatic heterocycles. The molecule has 0 amide bonds. The Balaban J connectivity index is 3.36. The maximum absolute atomic E-state index is 13.7. The lowest BCUT2D eigenvalue weighted by Crippen LogP contribution is -2.07. The molecule has 0 aliphatic rings. The van der Waals surface area contributed by atoms with E-state index in [1.54, 1.807) is 6.92 Å². The van der Waals surface area contributed by atoms with Crippen molar-refractivity contribution < 1.29 is 17.9 Å². The van der Waals surface area contributed by atoms with Gasteiger partial charge in [0.25, 0.3) is 0 Å². The number of aliphatic hydroxyl groups excluding tert-OH is 1. The molecule has 5 heteroatoms. The fourth-order valence-corrected chi connectivity index (χ4v) is 2.06. The van der Waals surface area contributed by atoms with E-state index in [-0.39, 0.29) is 17.1 Å². The van der Waals surface area contributed by atoms with Crippen molar-refractivity contribution in [2.75, 3.05) is 12.9 Å². The monoisotopic (exact) mass is 232 g/mol. The van der Waals surface area contributed by atoms with Crippen LogP contribution in [0.5, 0.6) is 0 Å². The number of sulfone groups is 1. The second kappa shape index (κ2) is 4.28. The Bertz CT molecular complexity index is 454. The van der Waals surface area contributed by atoms with Crippen molar-refractivity contribution in [3.8, 4) is 0 Å². The topological polar surface area (TPSA) is 54.4 Å². The summed E-state index contributed by atoms with van der Waals surface area (Å²) in [7, 11) is -3.55. The minimum atomic E-state index is -3.55. The zero-order valence-corrected chi connectivity index (χ0v) is 9.38. The SMILES string of the molecule is CC(CO)c1cccc(S(C)(=O)=O)c1F. The van der Waals surface area contributed by atoms with Crippen molar-refractivity contribution in [2.45, 2.75) is 17.7 Å². The first kappa shape index (κ1) is 12.1. The number of aliphatic hydroxyl groups is 1. The van der Waals surface area contributed by atoms with Crippen LogP contribution in [0.2, 0.25) is 0 Å². The number of hydrogen-bond acceptors (Lipinski definition) is 3. The average molecular weight is 232 g/mol. The molecule has 0 saturated heterocycles. The van der Waals surface area contributed by atoms with Crippen LogP contribution in [0.4, 0.5) is 4.39 Å². The zero-order valence-electron chi connectivity index (χ0n) is 8.57. The molecule has 1 rings (SSSR count). The van der Waals surface area contributed by atoms with E-state index in [1.807, 2.05) is 0 Å². The Morgan fingerprint density at radius 3 is 2.53 bits per heavy atom. The molecule has 1 unspecified atom stereocenters. The van der Waals surface area contributed by atoms with Crippen LogP contribution < -0.4 is 0 Å². The first-order chi connectivity index (χ1) is 6.88. The van der Waals surface area contributed by atoms with Gasteiger partial charge in [0.1, 0.15) is 10.7 Å². The average Bonchev–Trinajstić information content (AvgIpc) is 2.15. The Labute approximate surface area is 88.5 Å². The van der Waals surface area contributed by atoms with Gasteiger partial charge in [-0.05, 0) is 11.6 Å². The van der Waals surface area contributed by atoms with Gasteiger partial charge in [0.2, 0.25) is 0 Å². The van der Waals surface area contributed by atoms with Crippen LogP contribution in [0.1, 0.15) is 18.4 Å². The lowest BCUT2D eigenvalue weighted by atomic mass is 10.0. The van der Waals surface area contributed by atoms with E-state index in [0.717, 1.165) is 6.26 Å². The van der Waals surface area contributed by atoms with Crippen LogP contribution in [-0.4, -0.2) is 26.4 Å². The van der Waals surface area contributed by atoms with Crippen molar-refractivity contribution in [1.82, 2.24) is 0 Å². The van der Waals surface area contributed by atoms with Crippen LogP contribution in [-0.2, 0) is 9.84 Å². The van der Waals surface area contributed by atoms with Crippen molar-refractivity contribution in [1.29, 1.82) is 0 Å². The molecule has 0 radical (unpaired) electrons. The summed E-state index contributed by atoms with van der Waals surface area (Å²) >= 11 is 0. The number of rotatable bonds is 3. The van der Waals surface area contributed by atoms with Gasteiger partial charge in [0.05, 0.1) is 0 Å². The van der Waals surface area contributed by atoms with Gasteiger partial charge in [-0.15, -0.1) is 0 Å². The molecule has 3 nitrogen and oxygen atoms in total. The third kappa shape index (κ3) is 2.54. The number of halogens is 1. The molecule has 0 saturated carbocycles. The summed E-state index contributed by atoms with van der Waals surface area (Å²) in [6.07, 6.45) is 0.957. The molecule has 0 heterocycles. The van der Waals surface area contributed by atoms with Gasteiger partial charge in [-0.1, -0.05) is 19.1 Å². The quantitative estimate of drug-likeness (QED) is 0.855. The van der Waals surface area contributed by atoms with Gasteiger partial charge in [0, 0.05) is 18.8 Å². The van der Waals surface area contributed by atoms with Crippen molar-refractivity contribution in [3.63, 3.8) is 0 Å². The minimum absolute atomic E-state index is 0.218. The lowest BCUT2D eigenvalue weighted by Gasteiger charge is -2.11. The summed E-state index contributed by atoms with van der Waals surface area (Å²) in [5, 5.41) is 8.89. The summed E-state index contributed by atoms with van der Waals surface area (Å²) in [5.74, 6) is -1.17. The Kier molecular flexibility index (Phi) is 3.46. The molecule has 1 aromatic rings. The third-order valence-corrected chi connectivity index (χ3v) is 3.31. The predicted octanol–water partition coefficient (Wildman–Crippen LogP) is 1.33. The van der Waals surface area contributed by atoms with E-state index in [4.69, 9.17) is 5.11 Å². The zero-order chi connectivity index (χ0) is 11.6. The third-order valence-electron chi connectivity index (χ3n) is 2.20. The van der Waals surface area contributed by atoms with E-state index in [1.165, 1.54) is 18.2 Å². The van der Waals surface area contributed by atoms with E-state index in [2.05, 4.69) is 0 Å². The molecule has 84 valence electrons. The highest BCUT2D eigenvalue weighted by Gasteiger charge is 2.18. The van der Waals surface area contributed by atoms with Crippen LogP contribution in [0.3, 0.4) is 0 Å². The van der Waals surface area contributed by atoms with Crippen LogP contribution in [0, 0.1) is 5.82 Å². The van der Waals surface area contributed by atoms with E-state index in [9.17, 15) is 12.8 Å². The van der Waals surface area contributed by atoms with Crippen LogP contribution in [0.15, 0.2) is 23.1 Å². The van der Waals surface area contributed by atoms with Gasteiger partial charge in [-0.25, -0.2) is 12.8 Å². The highest BCUT2D eigenvalue weighted by molar-refractivity contribution is 7.90. The summed E-state index contributed by atoms with van der Waals surface area (Å²) in [6.45, 7) is 1.41. The first-order valence-corrected chi connectivity index (χ1v) is 6.36. The fourth-order valence-electron chi connectivity index (χ4n) is 1.29. The van der Waals surface area contributed by atoms with E-state index >= 15 is 0 Å². The summed E-state index contributed by atoms with van der Waals surface area (Å²) < 4.78 is 36.1. The van der Waals surface area contributed by atoms with Crippen LogP contribution >= 0.6 is 0 Å². The van der Waals surface area contributed by atoms with Gasteiger partial charge in [-0.2, -0.15) is 0 Å². The molecule has 1 aromatic carbocycles. The second-order valence-electron chi connectivity index (χ2n) is 3.52. The minimum Gasteiger partial charge on any atom is -0.396 e. The standard InChI is InChI=1S/C10H13FO3S/c1-7(6-12)8-4-3-5-9(10(8)11)15(2,13)14/h3-5,7,12H,6H2,1-2H3. The molecule has 15 heavy (non-hydrogen) atoms. The molecule has 1 atom stereocenters.